The van der Waals surface area contributed by atoms with E-state index in [1.54, 1.807) is 22.0 Å². The summed E-state index contributed by atoms with van der Waals surface area (Å²) >= 11 is 3.75. The standard InChI is InChI=1S/C37H52BrN3O7/c1-6-10-15-20-40(19-8-3)36(46)33-37-21-26(38)32(48-37)30(31(37)35(45)41(33)28(22-42)24(5)9-4)34(44)39-27(25-16-13-12-14-17-25)23-47-29(43)18-11-7-2/h7-8,12-14,16-17,24,26-28,30-33,42H,2-3,6,9-11,15,18-23H2,1,4-5H3,(H,39,44)/t24-,26?,27+,28-,30+,31-,32+,33+,37-/m0/s1. The van der Waals surface area contributed by atoms with Crippen molar-refractivity contribution < 1.29 is 33.8 Å². The number of nitrogens with zero attached hydrogens (tertiary/aromatic N) is 2. The maximum absolute atomic E-state index is 14.7. The van der Waals surface area contributed by atoms with Gasteiger partial charge in [-0.05, 0) is 30.7 Å². The van der Waals surface area contributed by atoms with Crippen LogP contribution in [0.15, 0.2) is 55.6 Å². The number of aliphatic hydroxyl groups is 1. The molecule has 0 aromatic heterocycles. The van der Waals surface area contributed by atoms with Crippen LogP contribution in [0, 0.1) is 17.8 Å². The van der Waals surface area contributed by atoms with Gasteiger partial charge in [-0.3, -0.25) is 19.2 Å². The van der Waals surface area contributed by atoms with Crippen molar-refractivity contribution in [1.29, 1.82) is 0 Å². The average Bonchev–Trinajstić information content (AvgIpc) is 3.68. The number of hydrogen-bond acceptors (Lipinski definition) is 7. The van der Waals surface area contributed by atoms with Gasteiger partial charge in [0.1, 0.15) is 18.2 Å². The van der Waals surface area contributed by atoms with E-state index < -0.39 is 53.5 Å². The number of hydrogen-bond donors (Lipinski definition) is 2. The average molecular weight is 731 g/mol. The summed E-state index contributed by atoms with van der Waals surface area (Å²) in [6.45, 7) is 14.0. The molecular weight excluding hydrogens is 678 g/mol. The number of unbranched alkanes of at least 4 members (excludes halogenated alkanes) is 2. The van der Waals surface area contributed by atoms with E-state index in [0.717, 1.165) is 24.8 Å². The number of halogens is 1. The zero-order valence-electron chi connectivity index (χ0n) is 28.5. The molecule has 2 N–H and O–H groups in total. The highest BCUT2D eigenvalue weighted by Crippen LogP contribution is 2.60. The van der Waals surface area contributed by atoms with Crippen molar-refractivity contribution in [2.45, 2.75) is 100 Å². The van der Waals surface area contributed by atoms with Gasteiger partial charge in [0.15, 0.2) is 0 Å². The molecule has 10 nitrogen and oxygen atoms in total. The van der Waals surface area contributed by atoms with Crippen molar-refractivity contribution in [1.82, 2.24) is 15.1 Å². The second kappa shape index (κ2) is 17.1. The van der Waals surface area contributed by atoms with Crippen LogP contribution in [0.2, 0.25) is 0 Å². The first-order valence-electron chi connectivity index (χ1n) is 17.4. The molecule has 2 bridgehead atoms. The van der Waals surface area contributed by atoms with Gasteiger partial charge >= 0.3 is 5.97 Å². The van der Waals surface area contributed by atoms with Crippen molar-refractivity contribution in [2.75, 3.05) is 26.3 Å². The SMILES string of the molecule is C=CCCC(=O)OC[C@@H](NC(=O)[C@H]1[C@@H]2O[C@@]3(CC2Br)[C@@H]1C(=O)N([C@@H](CO)[C@@H](C)CC)[C@@H]3C(=O)N(CC=C)CCCCC)c1ccccc1. The second-order valence-corrected chi connectivity index (χ2v) is 14.5. The lowest BCUT2D eigenvalue weighted by Crippen LogP contribution is -2.60. The fourth-order valence-electron chi connectivity index (χ4n) is 7.63. The number of benzene rings is 1. The predicted octanol–water partition coefficient (Wildman–Crippen LogP) is 4.71. The van der Waals surface area contributed by atoms with Gasteiger partial charge in [0, 0.05) is 24.3 Å². The largest absolute Gasteiger partial charge is 0.463 e. The molecule has 3 aliphatic rings. The number of carbonyl (C=O) groups is 4. The molecule has 48 heavy (non-hydrogen) atoms. The number of fused-ring (bicyclic) bond motifs is 1. The number of carbonyl (C=O) groups excluding carboxylic acids is 4. The summed E-state index contributed by atoms with van der Waals surface area (Å²) in [6.07, 6.45) is 7.10. The summed E-state index contributed by atoms with van der Waals surface area (Å²) in [7, 11) is 0. The summed E-state index contributed by atoms with van der Waals surface area (Å²) in [5, 5.41) is 13.7. The summed E-state index contributed by atoms with van der Waals surface area (Å²) in [5.74, 6) is -3.38. The Balaban J connectivity index is 1.71. The van der Waals surface area contributed by atoms with Crippen LogP contribution in [0.3, 0.4) is 0 Å². The molecule has 3 heterocycles. The van der Waals surface area contributed by atoms with Gasteiger partial charge in [0.05, 0.1) is 36.6 Å². The number of allylic oxidation sites excluding steroid dienone is 1. The monoisotopic (exact) mass is 729 g/mol. The highest BCUT2D eigenvalue weighted by Gasteiger charge is 2.77. The molecule has 9 atom stereocenters. The topological polar surface area (TPSA) is 125 Å². The Morgan fingerprint density at radius 2 is 1.94 bits per heavy atom. The lowest BCUT2D eigenvalue weighted by Gasteiger charge is -2.41. The van der Waals surface area contributed by atoms with Crippen LogP contribution in [0.5, 0.6) is 0 Å². The highest BCUT2D eigenvalue weighted by atomic mass is 79.9. The molecule has 1 aromatic rings. The molecule has 3 saturated heterocycles. The third-order valence-electron chi connectivity index (χ3n) is 10.3. The van der Waals surface area contributed by atoms with E-state index in [9.17, 15) is 24.3 Å². The zero-order chi connectivity index (χ0) is 35.0. The Hall–Kier alpha value is -3.02. The van der Waals surface area contributed by atoms with E-state index in [1.165, 1.54) is 0 Å². The van der Waals surface area contributed by atoms with Crippen LogP contribution in [-0.2, 0) is 28.7 Å². The smallest absolute Gasteiger partial charge is 0.306 e. The van der Waals surface area contributed by atoms with Crippen LogP contribution < -0.4 is 5.32 Å². The molecule has 0 radical (unpaired) electrons. The van der Waals surface area contributed by atoms with Crippen molar-refractivity contribution in [3.8, 4) is 0 Å². The minimum atomic E-state index is -1.26. The molecule has 3 amide bonds. The van der Waals surface area contributed by atoms with E-state index in [2.05, 4.69) is 41.3 Å². The fraction of sp³-hybridized carbons (Fsp3) is 0.622. The Labute approximate surface area is 293 Å². The first-order chi connectivity index (χ1) is 23.1. The van der Waals surface area contributed by atoms with E-state index in [1.807, 2.05) is 44.2 Å². The van der Waals surface area contributed by atoms with Crippen molar-refractivity contribution in [3.63, 3.8) is 0 Å². The third kappa shape index (κ3) is 7.58. The molecule has 264 valence electrons. The van der Waals surface area contributed by atoms with Crippen molar-refractivity contribution in [3.05, 3.63) is 61.2 Å². The summed E-state index contributed by atoms with van der Waals surface area (Å²) in [4.78, 5) is 59.2. The van der Waals surface area contributed by atoms with E-state index in [0.29, 0.717) is 32.4 Å². The summed E-state index contributed by atoms with van der Waals surface area (Å²) in [6, 6.07) is 6.90. The first-order valence-corrected chi connectivity index (χ1v) is 18.3. The minimum absolute atomic E-state index is 0.0897. The molecule has 3 aliphatic heterocycles. The third-order valence-corrected chi connectivity index (χ3v) is 11.1. The zero-order valence-corrected chi connectivity index (χ0v) is 30.1. The number of alkyl halides is 1. The van der Waals surface area contributed by atoms with Crippen LogP contribution in [0.1, 0.15) is 77.3 Å². The molecule has 11 heteroatoms. The van der Waals surface area contributed by atoms with E-state index in [-0.39, 0.29) is 42.2 Å². The Kier molecular flexibility index (Phi) is 13.4. The molecule has 3 fully saturated rings. The molecule has 1 spiro atoms. The molecule has 1 unspecified atom stereocenters. The Bertz CT molecular complexity index is 1310. The van der Waals surface area contributed by atoms with E-state index in [4.69, 9.17) is 9.47 Å². The predicted molar refractivity (Wildman–Crippen MR) is 187 cm³/mol. The number of likely N-dealkylation sites (tertiary alicyclic amines) is 1. The summed E-state index contributed by atoms with van der Waals surface area (Å²) in [5.41, 5.74) is -0.521. The lowest BCUT2D eigenvalue weighted by molar-refractivity contribution is -0.152. The van der Waals surface area contributed by atoms with Gasteiger partial charge < -0.3 is 29.7 Å². The maximum Gasteiger partial charge on any atom is 0.306 e. The number of esters is 1. The van der Waals surface area contributed by atoms with Gasteiger partial charge in [-0.15, -0.1) is 13.2 Å². The van der Waals surface area contributed by atoms with Crippen LogP contribution in [-0.4, -0.2) is 93.5 Å². The van der Waals surface area contributed by atoms with Crippen LogP contribution in [0.25, 0.3) is 0 Å². The molecule has 4 rings (SSSR count). The molecular formula is C37H52BrN3O7. The Morgan fingerprint density at radius 1 is 1.21 bits per heavy atom. The fourth-order valence-corrected chi connectivity index (χ4v) is 8.58. The molecule has 0 saturated carbocycles. The normalized spacial score (nSPS) is 27.6. The quantitative estimate of drug-likeness (QED) is 0.0915. The maximum atomic E-state index is 14.7. The van der Waals surface area contributed by atoms with Gasteiger partial charge in [0.2, 0.25) is 17.7 Å². The van der Waals surface area contributed by atoms with Gasteiger partial charge in [-0.1, -0.05) is 98.4 Å². The van der Waals surface area contributed by atoms with Crippen molar-refractivity contribution in [2.24, 2.45) is 17.8 Å². The second-order valence-electron chi connectivity index (χ2n) is 13.3. The van der Waals surface area contributed by atoms with Crippen LogP contribution >= 0.6 is 15.9 Å². The van der Waals surface area contributed by atoms with E-state index >= 15 is 0 Å². The number of nitrogens with one attached hydrogen (secondary N) is 1. The highest BCUT2D eigenvalue weighted by molar-refractivity contribution is 9.09. The van der Waals surface area contributed by atoms with Gasteiger partial charge in [-0.2, -0.15) is 0 Å². The van der Waals surface area contributed by atoms with Crippen molar-refractivity contribution >= 4 is 39.6 Å². The Morgan fingerprint density at radius 3 is 2.56 bits per heavy atom. The van der Waals surface area contributed by atoms with Gasteiger partial charge in [0.25, 0.3) is 0 Å². The van der Waals surface area contributed by atoms with Gasteiger partial charge in [-0.25, -0.2) is 0 Å². The number of aliphatic hydroxyl groups excluding tert-OH is 1. The number of ether oxygens (including phenoxy) is 2. The number of rotatable bonds is 19. The minimum Gasteiger partial charge on any atom is -0.463 e. The molecule has 1 aromatic carbocycles. The van der Waals surface area contributed by atoms with Crippen LogP contribution in [0.4, 0.5) is 0 Å². The number of amides is 3. The lowest BCUT2D eigenvalue weighted by atomic mass is 9.70. The first kappa shape index (κ1) is 37.8. The summed E-state index contributed by atoms with van der Waals surface area (Å²) < 4.78 is 12.3. The molecule has 0 aliphatic carbocycles.